The predicted molar refractivity (Wildman–Crippen MR) is 69.3 cm³/mol. The Morgan fingerprint density at radius 2 is 2.17 bits per heavy atom. The largest absolute Gasteiger partial charge is 0.349 e. The van der Waals surface area contributed by atoms with E-state index in [1.807, 2.05) is 0 Å². The zero-order valence-electron chi connectivity index (χ0n) is 9.29. The summed E-state index contributed by atoms with van der Waals surface area (Å²) in [6.07, 6.45) is 0. The minimum atomic E-state index is -0.475. The minimum Gasteiger partial charge on any atom is -0.349 e. The van der Waals surface area contributed by atoms with Crippen molar-refractivity contribution in [1.29, 1.82) is 0 Å². The van der Waals surface area contributed by atoms with Crippen LogP contribution in [0.15, 0.2) is 11.4 Å². The first-order chi connectivity index (χ1) is 8.16. The second-order valence-corrected chi connectivity index (χ2v) is 5.31. The monoisotopic (exact) mass is 289 g/mol. The molecule has 2 unspecified atom stereocenters. The van der Waals surface area contributed by atoms with Crippen LogP contribution in [-0.2, 0) is 0 Å². The maximum Gasteiger partial charge on any atom is 0.324 e. The normalized spacial score (nSPS) is 28.1. The molecule has 18 heavy (non-hydrogen) atoms. The first kappa shape index (κ1) is 13.3. The average molecular weight is 290 g/mol. The van der Waals surface area contributed by atoms with Gasteiger partial charge >= 0.3 is 5.00 Å². The number of halogens is 1. The standard InChI is InChI=1S/C10H11N3O3S.ClH/c14-10(5-1-8(13(15)16)17-4-5)12-9-6-2-11-3-7(6)9;/h1,4,6-7,9,11H,2-3H2,(H,12,14);1H. The number of amides is 1. The molecule has 0 aromatic carbocycles. The van der Waals surface area contributed by atoms with Crippen molar-refractivity contribution in [3.63, 3.8) is 0 Å². The zero-order valence-corrected chi connectivity index (χ0v) is 10.9. The highest BCUT2D eigenvalue weighted by atomic mass is 35.5. The molecule has 1 aromatic rings. The van der Waals surface area contributed by atoms with Gasteiger partial charge in [0, 0.05) is 30.6 Å². The molecule has 6 nitrogen and oxygen atoms in total. The van der Waals surface area contributed by atoms with E-state index in [1.165, 1.54) is 11.4 Å². The van der Waals surface area contributed by atoms with E-state index in [1.54, 1.807) is 0 Å². The Hall–Kier alpha value is -1.18. The van der Waals surface area contributed by atoms with Crippen LogP contribution in [-0.4, -0.2) is 30.0 Å². The van der Waals surface area contributed by atoms with Gasteiger partial charge < -0.3 is 10.6 Å². The van der Waals surface area contributed by atoms with E-state index in [0.717, 1.165) is 24.4 Å². The smallest absolute Gasteiger partial charge is 0.324 e. The van der Waals surface area contributed by atoms with Crippen molar-refractivity contribution in [2.45, 2.75) is 6.04 Å². The molecule has 2 aliphatic rings. The molecule has 2 heterocycles. The molecule has 98 valence electrons. The maximum absolute atomic E-state index is 11.8. The number of carbonyl (C=O) groups is 1. The fourth-order valence-corrected chi connectivity index (χ4v) is 3.11. The van der Waals surface area contributed by atoms with Crippen LogP contribution >= 0.6 is 23.7 Å². The predicted octanol–water partition coefficient (Wildman–Crippen LogP) is 1.03. The first-order valence-corrected chi connectivity index (χ1v) is 6.29. The Balaban J connectivity index is 0.00000120. The van der Waals surface area contributed by atoms with Gasteiger partial charge in [-0.05, 0) is 11.8 Å². The number of nitrogens with zero attached hydrogens (tertiary/aromatic N) is 1. The molecule has 2 fully saturated rings. The summed E-state index contributed by atoms with van der Waals surface area (Å²) >= 11 is 0.983. The third-order valence-electron chi connectivity index (χ3n) is 3.42. The van der Waals surface area contributed by atoms with Crippen molar-refractivity contribution in [1.82, 2.24) is 10.6 Å². The lowest BCUT2D eigenvalue weighted by Gasteiger charge is -2.05. The van der Waals surface area contributed by atoms with E-state index in [-0.39, 0.29) is 29.4 Å². The summed E-state index contributed by atoms with van der Waals surface area (Å²) in [5.41, 5.74) is 0.389. The molecule has 1 saturated carbocycles. The van der Waals surface area contributed by atoms with E-state index in [2.05, 4.69) is 10.6 Å². The number of piperidine rings is 1. The highest BCUT2D eigenvalue weighted by Crippen LogP contribution is 2.41. The Labute approximate surface area is 113 Å². The number of hydrogen-bond donors (Lipinski definition) is 2. The van der Waals surface area contributed by atoms with Crippen molar-refractivity contribution >= 4 is 34.7 Å². The van der Waals surface area contributed by atoms with E-state index < -0.39 is 4.92 Å². The van der Waals surface area contributed by atoms with Gasteiger partial charge in [-0.2, -0.15) is 0 Å². The molecule has 1 aromatic heterocycles. The van der Waals surface area contributed by atoms with Gasteiger partial charge in [0.1, 0.15) is 0 Å². The van der Waals surface area contributed by atoms with E-state index in [4.69, 9.17) is 0 Å². The summed E-state index contributed by atoms with van der Waals surface area (Å²) in [6, 6.07) is 1.58. The Morgan fingerprint density at radius 3 is 2.72 bits per heavy atom. The van der Waals surface area contributed by atoms with Crippen LogP contribution in [0, 0.1) is 22.0 Å². The van der Waals surface area contributed by atoms with Crippen LogP contribution in [0.2, 0.25) is 0 Å². The molecule has 0 radical (unpaired) electrons. The number of thiophene rings is 1. The topological polar surface area (TPSA) is 84.3 Å². The van der Waals surface area contributed by atoms with Gasteiger partial charge in [-0.15, -0.1) is 12.4 Å². The van der Waals surface area contributed by atoms with Crippen LogP contribution < -0.4 is 10.6 Å². The van der Waals surface area contributed by atoms with Gasteiger partial charge in [0.2, 0.25) is 0 Å². The van der Waals surface area contributed by atoms with Crippen LogP contribution in [0.25, 0.3) is 0 Å². The summed E-state index contributed by atoms with van der Waals surface area (Å²) in [7, 11) is 0. The quantitative estimate of drug-likeness (QED) is 0.643. The number of nitro groups is 1. The van der Waals surface area contributed by atoms with E-state index in [9.17, 15) is 14.9 Å². The zero-order chi connectivity index (χ0) is 12.0. The van der Waals surface area contributed by atoms with Crippen molar-refractivity contribution in [2.24, 2.45) is 11.8 Å². The molecule has 1 amide bonds. The van der Waals surface area contributed by atoms with Gasteiger partial charge in [-0.1, -0.05) is 11.3 Å². The second kappa shape index (κ2) is 4.83. The van der Waals surface area contributed by atoms with Gasteiger partial charge in [-0.25, -0.2) is 0 Å². The van der Waals surface area contributed by atoms with Gasteiger partial charge in [0.15, 0.2) is 0 Å². The Bertz CT molecular complexity index is 482. The molecule has 3 rings (SSSR count). The van der Waals surface area contributed by atoms with Crippen molar-refractivity contribution in [2.75, 3.05) is 13.1 Å². The first-order valence-electron chi connectivity index (χ1n) is 5.41. The molecule has 2 atom stereocenters. The molecule has 0 bridgehead atoms. The summed E-state index contributed by atoms with van der Waals surface area (Å²) in [5, 5.41) is 18.2. The number of nitrogens with one attached hydrogen (secondary N) is 2. The van der Waals surface area contributed by atoms with Crippen molar-refractivity contribution in [3.8, 4) is 0 Å². The van der Waals surface area contributed by atoms with E-state index >= 15 is 0 Å². The fraction of sp³-hybridized carbons (Fsp3) is 0.500. The third kappa shape index (κ3) is 2.21. The molecule has 2 N–H and O–H groups in total. The van der Waals surface area contributed by atoms with Crippen molar-refractivity contribution in [3.05, 3.63) is 27.1 Å². The van der Waals surface area contributed by atoms with Gasteiger partial charge in [0.25, 0.3) is 5.91 Å². The highest BCUT2D eigenvalue weighted by molar-refractivity contribution is 7.13. The molecular weight excluding hydrogens is 278 g/mol. The van der Waals surface area contributed by atoms with Crippen LogP contribution in [0.3, 0.4) is 0 Å². The van der Waals surface area contributed by atoms with Crippen LogP contribution in [0.5, 0.6) is 0 Å². The minimum absolute atomic E-state index is 0. The SMILES string of the molecule is Cl.O=C(NC1C2CNCC21)c1csc([N+](=O)[O-])c1. The highest BCUT2D eigenvalue weighted by Gasteiger charge is 2.53. The summed E-state index contributed by atoms with van der Waals surface area (Å²) in [6.45, 7) is 1.92. The number of rotatable bonds is 3. The number of hydrogen-bond acceptors (Lipinski definition) is 5. The lowest BCUT2D eigenvalue weighted by atomic mass is 10.3. The molecule has 8 heteroatoms. The molecule has 1 saturated heterocycles. The summed E-state index contributed by atoms with van der Waals surface area (Å²) in [4.78, 5) is 21.8. The molecular formula is C10H12ClN3O3S. The van der Waals surface area contributed by atoms with Gasteiger partial charge in [-0.3, -0.25) is 14.9 Å². The lowest BCUT2D eigenvalue weighted by Crippen LogP contribution is -2.32. The molecule has 1 aliphatic heterocycles. The fourth-order valence-electron chi connectivity index (χ4n) is 2.41. The number of carbonyl (C=O) groups excluding carboxylic acids is 1. The third-order valence-corrected chi connectivity index (χ3v) is 4.30. The van der Waals surface area contributed by atoms with Crippen LogP contribution in [0.1, 0.15) is 10.4 Å². The second-order valence-electron chi connectivity index (χ2n) is 4.42. The average Bonchev–Trinajstić information content (AvgIpc) is 2.82. The van der Waals surface area contributed by atoms with E-state index in [0.29, 0.717) is 17.4 Å². The maximum atomic E-state index is 11.8. The summed E-state index contributed by atoms with van der Waals surface area (Å²) < 4.78 is 0. The number of fused-ring (bicyclic) bond motifs is 1. The van der Waals surface area contributed by atoms with Crippen molar-refractivity contribution < 1.29 is 9.72 Å². The lowest BCUT2D eigenvalue weighted by molar-refractivity contribution is -0.380. The van der Waals surface area contributed by atoms with Gasteiger partial charge in [0.05, 0.1) is 10.5 Å². The Kier molecular flexibility index (Phi) is 3.56. The molecule has 0 spiro atoms. The molecule has 1 aliphatic carbocycles. The Morgan fingerprint density at radius 1 is 1.50 bits per heavy atom. The summed E-state index contributed by atoms with van der Waals surface area (Å²) in [5.74, 6) is 0.897. The van der Waals surface area contributed by atoms with Crippen LogP contribution in [0.4, 0.5) is 5.00 Å².